The van der Waals surface area contributed by atoms with E-state index in [-0.39, 0.29) is 5.69 Å². The predicted molar refractivity (Wildman–Crippen MR) is 98.4 cm³/mol. The number of hydrogen-bond acceptors (Lipinski definition) is 5. The van der Waals surface area contributed by atoms with E-state index in [4.69, 9.17) is 4.74 Å². The van der Waals surface area contributed by atoms with E-state index >= 15 is 0 Å². The average molecular weight is 346 g/mol. The Balaban J connectivity index is 1.92. The standard InChI is InChI=1S/C19H14N4O3/c1-26-15-9-10-16-17(11-15)22-19(21-16)14(12-20)7-4-6-13-5-2-3-8-18(13)23(24)25/h2-11H,1H3,(H,21,22)/b6-4+,14-7-. The Labute approximate surface area is 149 Å². The Morgan fingerprint density at radius 1 is 1.35 bits per heavy atom. The lowest BCUT2D eigenvalue weighted by atomic mass is 10.1. The molecular formula is C19H14N4O3. The van der Waals surface area contributed by atoms with Crippen molar-refractivity contribution in [1.29, 1.82) is 5.26 Å². The Morgan fingerprint density at radius 2 is 2.15 bits per heavy atom. The van der Waals surface area contributed by atoms with Gasteiger partial charge in [0.15, 0.2) is 0 Å². The number of para-hydroxylation sites is 1. The first-order valence-electron chi connectivity index (χ1n) is 7.68. The van der Waals surface area contributed by atoms with E-state index in [0.29, 0.717) is 28.2 Å². The lowest BCUT2D eigenvalue weighted by Crippen LogP contribution is -1.90. The van der Waals surface area contributed by atoms with Gasteiger partial charge in [0, 0.05) is 12.1 Å². The quantitative estimate of drug-likeness (QED) is 0.324. The van der Waals surface area contributed by atoms with Crippen molar-refractivity contribution in [1.82, 2.24) is 9.97 Å². The van der Waals surface area contributed by atoms with Crippen LogP contribution in [0, 0.1) is 21.4 Å². The summed E-state index contributed by atoms with van der Waals surface area (Å²) in [4.78, 5) is 18.0. The first kappa shape index (κ1) is 16.9. The van der Waals surface area contributed by atoms with Gasteiger partial charge in [-0.15, -0.1) is 0 Å². The summed E-state index contributed by atoms with van der Waals surface area (Å²) in [7, 11) is 1.58. The van der Waals surface area contributed by atoms with Gasteiger partial charge in [0.05, 0.1) is 34.2 Å². The molecule has 1 N–H and O–H groups in total. The van der Waals surface area contributed by atoms with Crippen molar-refractivity contribution in [3.05, 3.63) is 76.1 Å². The van der Waals surface area contributed by atoms with Crippen molar-refractivity contribution in [3.8, 4) is 11.8 Å². The van der Waals surface area contributed by atoms with E-state index in [0.717, 1.165) is 5.52 Å². The number of aromatic nitrogens is 2. The van der Waals surface area contributed by atoms with Crippen LogP contribution in [0.15, 0.2) is 54.6 Å². The van der Waals surface area contributed by atoms with Crippen LogP contribution in [0.1, 0.15) is 11.4 Å². The molecule has 0 amide bonds. The molecule has 0 aliphatic rings. The fourth-order valence-corrected chi connectivity index (χ4v) is 2.46. The number of nitrogens with zero attached hydrogens (tertiary/aromatic N) is 3. The molecule has 0 unspecified atom stereocenters. The Kier molecular flexibility index (Phi) is 4.76. The van der Waals surface area contributed by atoms with Crippen molar-refractivity contribution in [3.63, 3.8) is 0 Å². The zero-order chi connectivity index (χ0) is 18.5. The van der Waals surface area contributed by atoms with E-state index in [1.807, 2.05) is 0 Å². The van der Waals surface area contributed by atoms with Gasteiger partial charge in [-0.25, -0.2) is 4.98 Å². The number of imidazole rings is 1. The highest BCUT2D eigenvalue weighted by molar-refractivity contribution is 5.83. The van der Waals surface area contributed by atoms with Crippen molar-refractivity contribution in [2.75, 3.05) is 7.11 Å². The second kappa shape index (κ2) is 7.32. The van der Waals surface area contributed by atoms with E-state index in [9.17, 15) is 15.4 Å². The summed E-state index contributed by atoms with van der Waals surface area (Å²) in [6, 6.07) is 13.9. The van der Waals surface area contributed by atoms with E-state index in [1.165, 1.54) is 6.07 Å². The number of benzene rings is 2. The molecule has 0 spiro atoms. The van der Waals surface area contributed by atoms with Crippen LogP contribution >= 0.6 is 0 Å². The van der Waals surface area contributed by atoms with Crippen molar-refractivity contribution < 1.29 is 9.66 Å². The Morgan fingerprint density at radius 3 is 2.88 bits per heavy atom. The largest absolute Gasteiger partial charge is 0.497 e. The molecular weight excluding hydrogens is 332 g/mol. The summed E-state index contributed by atoms with van der Waals surface area (Å²) in [5.74, 6) is 1.11. The van der Waals surface area contributed by atoms with E-state index < -0.39 is 4.92 Å². The third-order valence-electron chi connectivity index (χ3n) is 3.74. The number of allylic oxidation sites excluding steroid dienone is 3. The molecule has 3 rings (SSSR count). The van der Waals surface area contributed by atoms with Crippen LogP contribution in [0.5, 0.6) is 5.75 Å². The highest BCUT2D eigenvalue weighted by atomic mass is 16.6. The molecule has 7 heteroatoms. The number of nitro benzene ring substituents is 1. The van der Waals surface area contributed by atoms with Crippen LogP contribution in [-0.4, -0.2) is 22.0 Å². The molecule has 0 radical (unpaired) electrons. The lowest BCUT2D eigenvalue weighted by molar-refractivity contribution is -0.385. The van der Waals surface area contributed by atoms with Gasteiger partial charge >= 0.3 is 0 Å². The molecule has 3 aromatic rings. The smallest absolute Gasteiger partial charge is 0.276 e. The molecule has 1 heterocycles. The van der Waals surface area contributed by atoms with Gasteiger partial charge < -0.3 is 9.72 Å². The van der Waals surface area contributed by atoms with Crippen LogP contribution in [0.4, 0.5) is 5.69 Å². The maximum Gasteiger partial charge on any atom is 0.276 e. The Hall–Kier alpha value is -3.92. The van der Waals surface area contributed by atoms with Gasteiger partial charge in [-0.3, -0.25) is 10.1 Å². The van der Waals surface area contributed by atoms with Gasteiger partial charge in [-0.2, -0.15) is 5.26 Å². The number of nitriles is 1. The Bertz CT molecular complexity index is 1070. The number of rotatable bonds is 5. The second-order valence-electron chi connectivity index (χ2n) is 5.34. The topological polar surface area (TPSA) is 105 Å². The summed E-state index contributed by atoms with van der Waals surface area (Å²) in [6.45, 7) is 0. The fraction of sp³-hybridized carbons (Fsp3) is 0.0526. The van der Waals surface area contributed by atoms with Crippen molar-refractivity contribution in [2.24, 2.45) is 0 Å². The monoisotopic (exact) mass is 346 g/mol. The maximum atomic E-state index is 11.0. The summed E-state index contributed by atoms with van der Waals surface area (Å²) in [5, 5.41) is 20.4. The summed E-state index contributed by atoms with van der Waals surface area (Å²) < 4.78 is 5.17. The van der Waals surface area contributed by atoms with Gasteiger partial charge in [-0.1, -0.05) is 18.2 Å². The van der Waals surface area contributed by atoms with E-state index in [1.54, 1.807) is 61.7 Å². The van der Waals surface area contributed by atoms with Crippen LogP contribution in [-0.2, 0) is 0 Å². The highest BCUT2D eigenvalue weighted by Gasteiger charge is 2.10. The number of fused-ring (bicyclic) bond motifs is 1. The highest BCUT2D eigenvalue weighted by Crippen LogP contribution is 2.22. The van der Waals surface area contributed by atoms with Gasteiger partial charge in [-0.05, 0) is 30.4 Å². The number of H-pyrrole nitrogens is 1. The molecule has 1 aromatic heterocycles. The SMILES string of the molecule is COc1ccc2nc(/C(C#N)=C\C=C\c3ccccc3[N+](=O)[O-])[nH]c2c1. The molecule has 7 nitrogen and oxygen atoms in total. The minimum absolute atomic E-state index is 0.00601. The molecule has 0 aliphatic carbocycles. The van der Waals surface area contributed by atoms with Gasteiger partial charge in [0.25, 0.3) is 5.69 Å². The molecule has 0 atom stereocenters. The number of aromatic amines is 1. The van der Waals surface area contributed by atoms with Crippen molar-refractivity contribution >= 4 is 28.4 Å². The van der Waals surface area contributed by atoms with Crippen LogP contribution in [0.2, 0.25) is 0 Å². The summed E-state index contributed by atoms with van der Waals surface area (Å²) in [6.07, 6.45) is 4.74. The zero-order valence-electron chi connectivity index (χ0n) is 13.8. The number of nitro groups is 1. The molecule has 0 saturated heterocycles. The number of methoxy groups -OCH3 is 1. The third kappa shape index (κ3) is 3.44. The van der Waals surface area contributed by atoms with Gasteiger partial charge in [0.2, 0.25) is 0 Å². The molecule has 0 saturated carbocycles. The molecule has 0 bridgehead atoms. The average Bonchev–Trinajstić information content (AvgIpc) is 3.08. The van der Waals surface area contributed by atoms with Gasteiger partial charge in [0.1, 0.15) is 17.6 Å². The minimum atomic E-state index is -0.443. The normalized spacial score (nSPS) is 11.6. The van der Waals surface area contributed by atoms with E-state index in [2.05, 4.69) is 16.0 Å². The molecule has 0 aliphatic heterocycles. The van der Waals surface area contributed by atoms with Crippen LogP contribution in [0.3, 0.4) is 0 Å². The number of hydrogen-bond donors (Lipinski definition) is 1. The lowest BCUT2D eigenvalue weighted by Gasteiger charge is -1.96. The number of ether oxygens (including phenoxy) is 1. The summed E-state index contributed by atoms with van der Waals surface area (Å²) in [5.41, 5.74) is 2.25. The summed E-state index contributed by atoms with van der Waals surface area (Å²) >= 11 is 0. The fourth-order valence-electron chi connectivity index (χ4n) is 2.46. The molecule has 26 heavy (non-hydrogen) atoms. The second-order valence-corrected chi connectivity index (χ2v) is 5.34. The molecule has 2 aromatic carbocycles. The maximum absolute atomic E-state index is 11.0. The number of nitrogens with one attached hydrogen (secondary N) is 1. The first-order chi connectivity index (χ1) is 12.6. The van der Waals surface area contributed by atoms with Crippen molar-refractivity contribution in [2.45, 2.75) is 0 Å². The van der Waals surface area contributed by atoms with Crippen LogP contribution in [0.25, 0.3) is 22.7 Å². The molecule has 0 fully saturated rings. The van der Waals surface area contributed by atoms with Crippen LogP contribution < -0.4 is 4.74 Å². The molecule has 128 valence electrons. The first-order valence-corrected chi connectivity index (χ1v) is 7.68. The zero-order valence-corrected chi connectivity index (χ0v) is 13.8. The predicted octanol–water partition coefficient (Wildman–Crippen LogP) is 4.10. The minimum Gasteiger partial charge on any atom is -0.497 e. The third-order valence-corrected chi connectivity index (χ3v) is 3.74.